The first-order chi connectivity index (χ1) is 19.5. The minimum absolute atomic E-state index is 0.275. The summed E-state index contributed by atoms with van der Waals surface area (Å²) < 4.78 is 29.0. The molecule has 7 nitrogen and oxygen atoms in total. The Hall–Kier alpha value is -3.78. The van der Waals surface area contributed by atoms with E-state index in [4.69, 9.17) is 19.6 Å². The van der Waals surface area contributed by atoms with Crippen LogP contribution >= 0.6 is 0 Å². The van der Waals surface area contributed by atoms with Gasteiger partial charge in [0.15, 0.2) is 23.3 Å². The maximum atomic E-state index is 15.6. The molecule has 0 fully saturated rings. The van der Waals surface area contributed by atoms with E-state index in [0.29, 0.717) is 41.2 Å². The predicted octanol–water partition coefficient (Wildman–Crippen LogP) is 6.96. The van der Waals surface area contributed by atoms with Crippen molar-refractivity contribution in [2.75, 3.05) is 6.61 Å². The molecule has 1 atom stereocenters. The van der Waals surface area contributed by atoms with Gasteiger partial charge >= 0.3 is 5.97 Å². The van der Waals surface area contributed by atoms with Gasteiger partial charge < -0.3 is 14.6 Å². The molecule has 1 aliphatic heterocycles. The van der Waals surface area contributed by atoms with E-state index in [1.54, 1.807) is 11.4 Å². The molecule has 0 saturated heterocycles. The molecule has 0 radical (unpaired) electrons. The largest absolute Gasteiger partial charge is 0.490 e. The second kappa shape index (κ2) is 10.2. The molecule has 2 aromatic heterocycles. The maximum Gasteiger partial charge on any atom is 0.337 e. The number of carboxylic acid groups (broad SMARTS) is 1. The van der Waals surface area contributed by atoms with Gasteiger partial charge in [0.1, 0.15) is 0 Å². The number of aryl methyl sites for hydroxylation is 3. The van der Waals surface area contributed by atoms with E-state index in [2.05, 4.69) is 18.2 Å². The molecule has 3 heterocycles. The van der Waals surface area contributed by atoms with Crippen LogP contribution in [0.2, 0.25) is 0 Å². The zero-order chi connectivity index (χ0) is 29.1. The third-order valence-corrected chi connectivity index (χ3v) is 8.12. The van der Waals surface area contributed by atoms with Crippen LogP contribution in [0.25, 0.3) is 28.2 Å². The Morgan fingerprint density at radius 2 is 1.83 bits per heavy atom. The minimum Gasteiger partial charge on any atom is -0.490 e. The van der Waals surface area contributed by atoms with E-state index >= 15 is 4.39 Å². The maximum absolute atomic E-state index is 15.6. The lowest BCUT2D eigenvalue weighted by atomic mass is 9.90. The fourth-order valence-corrected chi connectivity index (χ4v) is 6.23. The number of ether oxygens (including phenoxy) is 2. The number of nitrogens with zero attached hydrogens (tertiary/aromatic N) is 3. The number of aromatic nitrogens is 3. The van der Waals surface area contributed by atoms with Crippen molar-refractivity contribution in [2.24, 2.45) is 0 Å². The summed E-state index contributed by atoms with van der Waals surface area (Å²) in [6, 6.07) is 9.82. The Morgan fingerprint density at radius 1 is 1.07 bits per heavy atom. The summed E-state index contributed by atoms with van der Waals surface area (Å²) in [4.78, 5) is 17.5. The number of carbonyl (C=O) groups is 1. The van der Waals surface area contributed by atoms with Gasteiger partial charge in [-0.25, -0.2) is 18.7 Å². The quantitative estimate of drug-likeness (QED) is 0.285. The zero-order valence-electron chi connectivity index (χ0n) is 24.3. The van der Waals surface area contributed by atoms with Gasteiger partial charge in [0, 0.05) is 34.0 Å². The van der Waals surface area contributed by atoms with Crippen LogP contribution in [0, 0.1) is 19.7 Å². The number of carboxylic acids is 1. The number of hydrogen-bond acceptors (Lipinski definition) is 5. The zero-order valence-corrected chi connectivity index (χ0v) is 24.3. The predicted molar refractivity (Wildman–Crippen MR) is 155 cm³/mol. The summed E-state index contributed by atoms with van der Waals surface area (Å²) in [5, 5.41) is 15.4. The highest BCUT2D eigenvalue weighted by Gasteiger charge is 2.34. The number of rotatable bonds is 5. The summed E-state index contributed by atoms with van der Waals surface area (Å²) in [6.07, 6.45) is 4.63. The molecule has 1 unspecified atom stereocenters. The fraction of sp³-hybridized carbons (Fsp3) is 0.424. The van der Waals surface area contributed by atoms with E-state index in [0.717, 1.165) is 41.6 Å². The molecule has 6 rings (SSSR count). The van der Waals surface area contributed by atoms with Crippen molar-refractivity contribution in [3.63, 3.8) is 0 Å². The number of aliphatic carboxylic acids is 1. The average Bonchev–Trinajstić information content (AvgIpc) is 3.36. The van der Waals surface area contributed by atoms with E-state index in [-0.39, 0.29) is 5.75 Å². The van der Waals surface area contributed by atoms with Crippen molar-refractivity contribution in [3.05, 3.63) is 69.7 Å². The van der Waals surface area contributed by atoms with Crippen LogP contribution in [-0.4, -0.2) is 37.9 Å². The van der Waals surface area contributed by atoms with Crippen molar-refractivity contribution in [3.8, 4) is 28.3 Å². The fourth-order valence-electron chi connectivity index (χ4n) is 6.23. The van der Waals surface area contributed by atoms with Crippen LogP contribution in [0.4, 0.5) is 4.39 Å². The van der Waals surface area contributed by atoms with Crippen molar-refractivity contribution in [1.82, 2.24) is 14.6 Å². The minimum atomic E-state index is -1.34. The Bertz CT molecular complexity index is 1680. The number of fused-ring (bicyclic) bond motifs is 3. The van der Waals surface area contributed by atoms with Crippen LogP contribution in [0.5, 0.6) is 5.75 Å². The second-order valence-corrected chi connectivity index (χ2v) is 12.2. The lowest BCUT2D eigenvalue weighted by Gasteiger charge is -2.28. The highest BCUT2D eigenvalue weighted by atomic mass is 19.1. The van der Waals surface area contributed by atoms with Gasteiger partial charge in [0.25, 0.3) is 0 Å². The number of hydrogen-bond donors (Lipinski definition) is 1. The standard InChI is InChI=1S/C33H36FN3O4/c1-18-23-11-8-14-40-30(23)25(34)16-24(18)29-28(31(32(38)39)41-33(3,4)5)19(2)35-27-17-26(36-37(27)29)22-13-12-20-9-6-7-10-21(20)15-22/h12-13,15-17,31H,6-11,14H2,1-5H3,(H,38,39). The lowest BCUT2D eigenvalue weighted by molar-refractivity contribution is -0.160. The topological polar surface area (TPSA) is 86.0 Å². The molecule has 0 bridgehead atoms. The van der Waals surface area contributed by atoms with Gasteiger partial charge in [0.05, 0.1) is 23.6 Å². The van der Waals surface area contributed by atoms with Gasteiger partial charge in [-0.15, -0.1) is 0 Å². The van der Waals surface area contributed by atoms with Gasteiger partial charge in [-0.05, 0) is 102 Å². The molecule has 41 heavy (non-hydrogen) atoms. The molecule has 2 aliphatic rings. The summed E-state index contributed by atoms with van der Waals surface area (Å²) in [5.41, 5.74) is 7.74. The first kappa shape index (κ1) is 27.4. The number of benzene rings is 2. The van der Waals surface area contributed by atoms with Crippen LogP contribution in [0.1, 0.15) is 79.6 Å². The molecular formula is C33H36FN3O4. The monoisotopic (exact) mass is 557 g/mol. The highest BCUT2D eigenvalue weighted by Crippen LogP contribution is 2.42. The summed E-state index contributed by atoms with van der Waals surface area (Å²) >= 11 is 0. The smallest absolute Gasteiger partial charge is 0.337 e. The van der Waals surface area contributed by atoms with Gasteiger partial charge in [-0.1, -0.05) is 12.1 Å². The SMILES string of the molecule is Cc1nc2cc(-c3ccc4c(c3)CCCC4)nn2c(-c2cc(F)c3c(c2C)CCCO3)c1C(OC(C)(C)C)C(=O)O. The Labute approximate surface area is 239 Å². The first-order valence-electron chi connectivity index (χ1n) is 14.4. The molecule has 4 aromatic rings. The first-order valence-corrected chi connectivity index (χ1v) is 14.4. The van der Waals surface area contributed by atoms with Gasteiger partial charge in [-0.3, -0.25) is 0 Å². The summed E-state index contributed by atoms with van der Waals surface area (Å²) in [6.45, 7) is 9.62. The molecule has 214 valence electrons. The molecule has 1 aliphatic carbocycles. The third-order valence-electron chi connectivity index (χ3n) is 8.12. The van der Waals surface area contributed by atoms with E-state index in [1.165, 1.54) is 30.0 Å². The molecule has 8 heteroatoms. The highest BCUT2D eigenvalue weighted by molar-refractivity contribution is 5.82. The Balaban J connectivity index is 1.64. The van der Waals surface area contributed by atoms with Crippen LogP contribution in [-0.2, 0) is 28.8 Å². The van der Waals surface area contributed by atoms with Crippen molar-refractivity contribution < 1.29 is 23.8 Å². The average molecular weight is 558 g/mol. The van der Waals surface area contributed by atoms with Crippen LogP contribution in [0.3, 0.4) is 0 Å². The van der Waals surface area contributed by atoms with Crippen molar-refractivity contribution in [2.45, 2.75) is 84.8 Å². The Kier molecular flexibility index (Phi) is 6.85. The third kappa shape index (κ3) is 4.99. The summed E-state index contributed by atoms with van der Waals surface area (Å²) in [5.74, 6) is -1.34. The van der Waals surface area contributed by atoms with E-state index in [1.807, 2.05) is 33.8 Å². The van der Waals surface area contributed by atoms with Crippen molar-refractivity contribution in [1.29, 1.82) is 0 Å². The van der Waals surface area contributed by atoms with Crippen LogP contribution < -0.4 is 4.74 Å². The van der Waals surface area contributed by atoms with Gasteiger partial charge in [-0.2, -0.15) is 5.10 Å². The summed E-state index contributed by atoms with van der Waals surface area (Å²) in [7, 11) is 0. The van der Waals surface area contributed by atoms with E-state index in [9.17, 15) is 9.90 Å². The second-order valence-electron chi connectivity index (χ2n) is 12.2. The Morgan fingerprint density at radius 3 is 2.56 bits per heavy atom. The molecule has 2 aromatic carbocycles. The van der Waals surface area contributed by atoms with E-state index < -0.39 is 23.5 Å². The molecule has 1 N–H and O–H groups in total. The molecule has 0 saturated carbocycles. The molecule has 0 spiro atoms. The number of halogens is 1. The van der Waals surface area contributed by atoms with Crippen molar-refractivity contribution >= 4 is 11.6 Å². The molecular weight excluding hydrogens is 521 g/mol. The van der Waals surface area contributed by atoms with Gasteiger partial charge in [0.2, 0.25) is 0 Å². The molecule has 0 amide bonds. The van der Waals surface area contributed by atoms with Crippen LogP contribution in [0.15, 0.2) is 30.3 Å². The normalized spacial score (nSPS) is 15.8. The lowest BCUT2D eigenvalue weighted by Crippen LogP contribution is -2.29.